The fourth-order valence-electron chi connectivity index (χ4n) is 2.43. The van der Waals surface area contributed by atoms with Crippen molar-refractivity contribution in [2.75, 3.05) is 6.54 Å². The number of aryl methyl sites for hydroxylation is 1. The van der Waals surface area contributed by atoms with Crippen LogP contribution in [0.4, 0.5) is 0 Å². The topological polar surface area (TPSA) is 24.9 Å². The van der Waals surface area contributed by atoms with E-state index in [2.05, 4.69) is 30.2 Å². The van der Waals surface area contributed by atoms with Crippen molar-refractivity contribution in [3.63, 3.8) is 0 Å². The molecular weight excluding hydrogens is 228 g/mol. The molecule has 2 rings (SSSR count). The number of hydrogen-bond donors (Lipinski definition) is 1. The molecule has 1 atom stereocenters. The van der Waals surface area contributed by atoms with E-state index in [4.69, 9.17) is 0 Å². The van der Waals surface area contributed by atoms with E-state index in [0.29, 0.717) is 6.04 Å². The van der Waals surface area contributed by atoms with Crippen molar-refractivity contribution >= 4 is 11.3 Å². The van der Waals surface area contributed by atoms with Gasteiger partial charge in [0.25, 0.3) is 0 Å². The quantitative estimate of drug-likeness (QED) is 0.817. The van der Waals surface area contributed by atoms with Crippen LogP contribution < -0.4 is 5.32 Å². The average Bonchev–Trinajstić information content (AvgIpc) is 2.60. The Bertz CT molecular complexity index is 381. The average molecular weight is 250 g/mol. The molecule has 17 heavy (non-hydrogen) atoms. The fraction of sp³-hybridized carbons (Fsp3) is 0.643. The van der Waals surface area contributed by atoms with Crippen LogP contribution in [0.15, 0.2) is 17.8 Å². The third kappa shape index (κ3) is 3.39. The van der Waals surface area contributed by atoms with E-state index in [1.165, 1.54) is 37.0 Å². The summed E-state index contributed by atoms with van der Waals surface area (Å²) in [6, 6.07) is 0.407. The third-order valence-electron chi connectivity index (χ3n) is 3.28. The zero-order chi connectivity index (χ0) is 12.1. The zero-order valence-electron chi connectivity index (χ0n) is 10.8. The summed E-state index contributed by atoms with van der Waals surface area (Å²) in [5.74, 6) is 0. The van der Waals surface area contributed by atoms with Gasteiger partial charge >= 0.3 is 0 Å². The predicted molar refractivity (Wildman–Crippen MR) is 74.4 cm³/mol. The Morgan fingerprint density at radius 2 is 2.29 bits per heavy atom. The number of likely N-dealkylation sites (N-methyl/N-ethyl adjacent to an activating group) is 1. The molecule has 94 valence electrons. The Morgan fingerprint density at radius 3 is 3.00 bits per heavy atom. The van der Waals surface area contributed by atoms with E-state index < -0.39 is 0 Å². The minimum Gasteiger partial charge on any atom is -0.306 e. The second-order valence-electron chi connectivity index (χ2n) is 4.65. The van der Waals surface area contributed by atoms with E-state index in [-0.39, 0.29) is 0 Å². The second kappa shape index (κ2) is 6.31. The van der Waals surface area contributed by atoms with Crippen molar-refractivity contribution in [3.8, 4) is 0 Å². The molecule has 3 heteroatoms. The monoisotopic (exact) mass is 250 g/mol. The van der Waals surface area contributed by atoms with Crippen molar-refractivity contribution in [3.05, 3.63) is 27.7 Å². The Morgan fingerprint density at radius 1 is 1.41 bits per heavy atom. The molecule has 0 spiro atoms. The van der Waals surface area contributed by atoms with Crippen LogP contribution in [0.25, 0.3) is 0 Å². The van der Waals surface area contributed by atoms with Crippen LogP contribution in [-0.4, -0.2) is 11.5 Å². The summed E-state index contributed by atoms with van der Waals surface area (Å²) in [4.78, 5) is 5.76. The number of nitrogens with zero attached hydrogens (tertiary/aromatic N) is 1. The van der Waals surface area contributed by atoms with Crippen molar-refractivity contribution in [2.45, 2.75) is 52.0 Å². The number of aromatic nitrogens is 1. The summed E-state index contributed by atoms with van der Waals surface area (Å²) in [6.07, 6.45) is 11.0. The molecule has 0 bridgehead atoms. The molecule has 1 aliphatic carbocycles. The number of hydrogen-bond acceptors (Lipinski definition) is 3. The maximum Gasteiger partial charge on any atom is 0.0897 e. The lowest BCUT2D eigenvalue weighted by atomic mass is 10.0. The van der Waals surface area contributed by atoms with Gasteiger partial charge in [-0.15, -0.1) is 11.3 Å². The smallest absolute Gasteiger partial charge is 0.0897 e. The van der Waals surface area contributed by atoms with E-state index >= 15 is 0 Å². The largest absolute Gasteiger partial charge is 0.306 e. The molecule has 0 saturated heterocycles. The first-order valence-corrected chi connectivity index (χ1v) is 7.47. The van der Waals surface area contributed by atoms with Crippen LogP contribution in [0.2, 0.25) is 0 Å². The SMILES string of the molecule is CCNC(C1=CCCCCC1)c1cnc(C)s1. The van der Waals surface area contributed by atoms with Crippen LogP contribution in [0.5, 0.6) is 0 Å². The summed E-state index contributed by atoms with van der Waals surface area (Å²) in [6.45, 7) is 5.27. The number of rotatable bonds is 4. The highest BCUT2D eigenvalue weighted by molar-refractivity contribution is 7.11. The first kappa shape index (κ1) is 12.8. The van der Waals surface area contributed by atoms with Crippen molar-refractivity contribution in [1.29, 1.82) is 0 Å². The fourth-order valence-corrected chi connectivity index (χ4v) is 3.34. The first-order chi connectivity index (χ1) is 8.31. The molecule has 1 aromatic rings. The van der Waals surface area contributed by atoms with Gasteiger partial charge in [-0.1, -0.05) is 25.0 Å². The van der Waals surface area contributed by atoms with E-state index in [1.54, 1.807) is 5.57 Å². The molecule has 0 aromatic carbocycles. The van der Waals surface area contributed by atoms with Gasteiger partial charge in [-0.2, -0.15) is 0 Å². The van der Waals surface area contributed by atoms with E-state index in [1.807, 2.05) is 17.5 Å². The van der Waals surface area contributed by atoms with Gasteiger partial charge in [-0.25, -0.2) is 4.98 Å². The highest BCUT2D eigenvalue weighted by atomic mass is 32.1. The molecule has 1 N–H and O–H groups in total. The minimum absolute atomic E-state index is 0.407. The summed E-state index contributed by atoms with van der Waals surface area (Å²) in [5.41, 5.74) is 1.58. The van der Waals surface area contributed by atoms with E-state index in [0.717, 1.165) is 11.6 Å². The molecular formula is C14H22N2S. The summed E-state index contributed by atoms with van der Waals surface area (Å²) >= 11 is 1.82. The second-order valence-corrected chi connectivity index (χ2v) is 5.92. The Kier molecular flexibility index (Phi) is 4.75. The lowest BCUT2D eigenvalue weighted by Crippen LogP contribution is -2.22. The van der Waals surface area contributed by atoms with Gasteiger partial charge in [0.05, 0.1) is 11.0 Å². The van der Waals surface area contributed by atoms with Gasteiger partial charge in [-0.05, 0) is 39.2 Å². The van der Waals surface area contributed by atoms with Crippen molar-refractivity contribution < 1.29 is 0 Å². The lowest BCUT2D eigenvalue weighted by molar-refractivity contribution is 0.596. The third-order valence-corrected chi connectivity index (χ3v) is 4.26. The number of allylic oxidation sites excluding steroid dienone is 1. The van der Waals surface area contributed by atoms with Crippen LogP contribution in [-0.2, 0) is 0 Å². The Hall–Kier alpha value is -0.670. The maximum atomic E-state index is 4.39. The first-order valence-electron chi connectivity index (χ1n) is 6.66. The van der Waals surface area contributed by atoms with Gasteiger partial charge < -0.3 is 5.32 Å². The van der Waals surface area contributed by atoms with Crippen LogP contribution >= 0.6 is 11.3 Å². The molecule has 1 aliphatic rings. The summed E-state index contributed by atoms with van der Waals surface area (Å²) in [5, 5.41) is 4.78. The van der Waals surface area contributed by atoms with Crippen molar-refractivity contribution in [2.24, 2.45) is 0 Å². The Labute approximate surface area is 108 Å². The highest BCUT2D eigenvalue weighted by Gasteiger charge is 2.18. The summed E-state index contributed by atoms with van der Waals surface area (Å²) in [7, 11) is 0. The van der Waals surface area contributed by atoms with Gasteiger partial charge in [0.1, 0.15) is 0 Å². The van der Waals surface area contributed by atoms with Gasteiger partial charge in [0.15, 0.2) is 0 Å². The molecule has 1 aromatic heterocycles. The molecule has 0 amide bonds. The van der Waals surface area contributed by atoms with Crippen molar-refractivity contribution in [1.82, 2.24) is 10.3 Å². The maximum absolute atomic E-state index is 4.39. The van der Waals surface area contributed by atoms with Gasteiger partial charge in [-0.3, -0.25) is 0 Å². The molecule has 0 aliphatic heterocycles. The molecule has 1 unspecified atom stereocenters. The predicted octanol–water partition coefficient (Wildman–Crippen LogP) is 3.99. The number of thiazole rings is 1. The Balaban J connectivity index is 2.18. The molecule has 0 fully saturated rings. The standard InChI is InChI=1S/C14H22N2S/c1-3-15-14(13-10-16-11(2)17-13)12-8-6-4-5-7-9-12/h8,10,14-15H,3-7,9H2,1-2H3. The van der Waals surface area contributed by atoms with E-state index in [9.17, 15) is 0 Å². The minimum atomic E-state index is 0.407. The lowest BCUT2D eigenvalue weighted by Gasteiger charge is -2.19. The van der Waals surface area contributed by atoms with Crippen LogP contribution in [0, 0.1) is 6.92 Å². The molecule has 0 saturated carbocycles. The number of nitrogens with one attached hydrogen (secondary N) is 1. The molecule has 2 nitrogen and oxygen atoms in total. The highest BCUT2D eigenvalue weighted by Crippen LogP contribution is 2.31. The van der Waals surface area contributed by atoms with Gasteiger partial charge in [0.2, 0.25) is 0 Å². The molecule has 0 radical (unpaired) electrons. The van der Waals surface area contributed by atoms with Crippen LogP contribution in [0.1, 0.15) is 55.0 Å². The normalized spacial score (nSPS) is 18.6. The van der Waals surface area contributed by atoms with Gasteiger partial charge in [0, 0.05) is 11.1 Å². The summed E-state index contributed by atoms with van der Waals surface area (Å²) < 4.78 is 0. The molecule has 1 heterocycles. The zero-order valence-corrected chi connectivity index (χ0v) is 11.6. The van der Waals surface area contributed by atoms with Crippen LogP contribution in [0.3, 0.4) is 0 Å².